The van der Waals surface area contributed by atoms with E-state index in [4.69, 9.17) is 25.6 Å². The Morgan fingerprint density at radius 1 is 1.20 bits per heavy atom. The third-order valence-electron chi connectivity index (χ3n) is 3.24. The molecule has 1 aromatic carbocycles. The molecule has 1 N–H and O–H groups in total. The van der Waals surface area contributed by atoms with Gasteiger partial charge in [0.1, 0.15) is 5.69 Å². The van der Waals surface area contributed by atoms with Gasteiger partial charge in [-0.15, -0.1) is 0 Å². The van der Waals surface area contributed by atoms with Crippen molar-refractivity contribution in [3.63, 3.8) is 0 Å². The Labute approximate surface area is 150 Å². The molecule has 0 saturated heterocycles. The minimum absolute atomic E-state index is 0.0246. The molecule has 0 aliphatic heterocycles. The standard InChI is InChI=1S/C17H19ClN2O5/c1-3-5-10-24-17(22)19-15-13(16(21)23-4-2)14(20-25-15)11-6-8-12(18)9-7-11/h6-9H,3-5,10H2,1-2H3,(H,19,22). The Morgan fingerprint density at radius 2 is 1.92 bits per heavy atom. The maximum atomic E-state index is 12.3. The molecule has 134 valence electrons. The summed E-state index contributed by atoms with van der Waals surface area (Å²) in [6.45, 7) is 4.11. The van der Waals surface area contributed by atoms with Crippen LogP contribution in [0.15, 0.2) is 28.8 Å². The number of hydrogen-bond donors (Lipinski definition) is 1. The maximum absolute atomic E-state index is 12.3. The van der Waals surface area contributed by atoms with E-state index in [-0.39, 0.29) is 30.4 Å². The largest absolute Gasteiger partial charge is 0.462 e. The Bertz CT molecular complexity index is 727. The van der Waals surface area contributed by atoms with Crippen LogP contribution in [0.2, 0.25) is 5.02 Å². The van der Waals surface area contributed by atoms with Crippen molar-refractivity contribution < 1.29 is 23.6 Å². The molecular formula is C17H19ClN2O5. The first-order chi connectivity index (χ1) is 12.1. The number of esters is 1. The van der Waals surface area contributed by atoms with Crippen LogP contribution in [0.3, 0.4) is 0 Å². The number of benzene rings is 1. The number of anilines is 1. The highest BCUT2D eigenvalue weighted by atomic mass is 35.5. The van der Waals surface area contributed by atoms with Gasteiger partial charge in [-0.1, -0.05) is 42.2 Å². The normalized spacial score (nSPS) is 10.4. The summed E-state index contributed by atoms with van der Waals surface area (Å²) in [7, 11) is 0. The van der Waals surface area contributed by atoms with E-state index < -0.39 is 12.1 Å². The van der Waals surface area contributed by atoms with Crippen molar-refractivity contribution in [2.75, 3.05) is 18.5 Å². The number of nitrogens with one attached hydrogen (secondary N) is 1. The zero-order valence-electron chi connectivity index (χ0n) is 14.0. The average Bonchev–Trinajstić information content (AvgIpc) is 2.99. The van der Waals surface area contributed by atoms with Gasteiger partial charge in [-0.3, -0.25) is 5.32 Å². The van der Waals surface area contributed by atoms with Crippen molar-refractivity contribution in [2.24, 2.45) is 0 Å². The molecule has 7 nitrogen and oxygen atoms in total. The predicted octanol–water partition coefficient (Wildman–Crippen LogP) is 4.52. The zero-order chi connectivity index (χ0) is 18.2. The smallest absolute Gasteiger partial charge is 0.414 e. The zero-order valence-corrected chi connectivity index (χ0v) is 14.8. The monoisotopic (exact) mass is 366 g/mol. The molecule has 1 aromatic heterocycles. The van der Waals surface area contributed by atoms with Crippen LogP contribution >= 0.6 is 11.6 Å². The molecule has 1 amide bonds. The fraction of sp³-hybridized carbons (Fsp3) is 0.353. The van der Waals surface area contributed by atoms with Crippen molar-refractivity contribution in [2.45, 2.75) is 26.7 Å². The summed E-state index contributed by atoms with van der Waals surface area (Å²) in [5, 5.41) is 6.82. The van der Waals surface area contributed by atoms with Crippen LogP contribution in [0, 0.1) is 0 Å². The first-order valence-corrected chi connectivity index (χ1v) is 8.31. The summed E-state index contributed by atoms with van der Waals surface area (Å²) in [4.78, 5) is 24.1. The van der Waals surface area contributed by atoms with Gasteiger partial charge in [0, 0.05) is 10.6 Å². The number of ether oxygens (including phenoxy) is 2. The van der Waals surface area contributed by atoms with E-state index in [1.165, 1.54) is 0 Å². The summed E-state index contributed by atoms with van der Waals surface area (Å²) in [5.74, 6) is -0.776. The lowest BCUT2D eigenvalue weighted by Gasteiger charge is -2.06. The van der Waals surface area contributed by atoms with Gasteiger partial charge in [0.05, 0.1) is 13.2 Å². The number of halogens is 1. The lowest BCUT2D eigenvalue weighted by atomic mass is 10.1. The number of unbranched alkanes of at least 4 members (excludes halogenated alkanes) is 1. The number of hydrogen-bond acceptors (Lipinski definition) is 6. The van der Waals surface area contributed by atoms with E-state index in [0.717, 1.165) is 12.8 Å². The van der Waals surface area contributed by atoms with Crippen molar-refractivity contribution >= 4 is 29.5 Å². The first kappa shape index (κ1) is 18.8. The second-order valence-corrected chi connectivity index (χ2v) is 5.51. The summed E-state index contributed by atoms with van der Waals surface area (Å²) >= 11 is 5.88. The SMILES string of the molecule is CCCCOC(=O)Nc1onc(-c2ccc(Cl)cc2)c1C(=O)OCC. The van der Waals surface area contributed by atoms with Gasteiger partial charge < -0.3 is 14.0 Å². The Kier molecular flexibility index (Phi) is 6.82. The fourth-order valence-electron chi connectivity index (χ4n) is 2.01. The highest BCUT2D eigenvalue weighted by Crippen LogP contribution is 2.30. The number of carbonyl (C=O) groups is 2. The maximum Gasteiger partial charge on any atom is 0.414 e. The molecule has 0 bridgehead atoms. The van der Waals surface area contributed by atoms with Crippen LogP contribution in [-0.4, -0.2) is 30.4 Å². The molecule has 0 radical (unpaired) electrons. The predicted molar refractivity (Wildman–Crippen MR) is 92.8 cm³/mol. The summed E-state index contributed by atoms with van der Waals surface area (Å²) in [6.07, 6.45) is 0.910. The Morgan fingerprint density at radius 3 is 2.56 bits per heavy atom. The van der Waals surface area contributed by atoms with Crippen molar-refractivity contribution in [3.05, 3.63) is 34.9 Å². The van der Waals surface area contributed by atoms with Gasteiger partial charge in [0.15, 0.2) is 5.56 Å². The van der Waals surface area contributed by atoms with Gasteiger partial charge >= 0.3 is 12.1 Å². The van der Waals surface area contributed by atoms with E-state index in [1.54, 1.807) is 31.2 Å². The molecule has 25 heavy (non-hydrogen) atoms. The van der Waals surface area contributed by atoms with Crippen LogP contribution in [0.25, 0.3) is 11.3 Å². The highest BCUT2D eigenvalue weighted by molar-refractivity contribution is 6.30. The van der Waals surface area contributed by atoms with Crippen LogP contribution in [0.1, 0.15) is 37.0 Å². The summed E-state index contributed by atoms with van der Waals surface area (Å²) in [6, 6.07) is 6.69. The third-order valence-corrected chi connectivity index (χ3v) is 3.49. The molecule has 0 atom stereocenters. The van der Waals surface area contributed by atoms with Gasteiger partial charge in [-0.25, -0.2) is 9.59 Å². The first-order valence-electron chi connectivity index (χ1n) is 7.93. The number of amides is 1. The van der Waals surface area contributed by atoms with Crippen LogP contribution < -0.4 is 5.32 Å². The highest BCUT2D eigenvalue weighted by Gasteiger charge is 2.27. The average molecular weight is 367 g/mol. The van der Waals surface area contributed by atoms with Gasteiger partial charge in [-0.05, 0) is 25.5 Å². The molecule has 0 spiro atoms. The molecule has 0 saturated carbocycles. The van der Waals surface area contributed by atoms with E-state index >= 15 is 0 Å². The molecule has 1 heterocycles. The molecule has 0 fully saturated rings. The third kappa shape index (κ3) is 4.96. The quantitative estimate of drug-likeness (QED) is 0.572. The van der Waals surface area contributed by atoms with Gasteiger partial charge in [0.2, 0.25) is 5.88 Å². The van der Waals surface area contributed by atoms with E-state index in [0.29, 0.717) is 10.6 Å². The molecule has 0 unspecified atom stereocenters. The molecule has 2 aromatic rings. The van der Waals surface area contributed by atoms with E-state index in [9.17, 15) is 9.59 Å². The van der Waals surface area contributed by atoms with Crippen LogP contribution in [-0.2, 0) is 9.47 Å². The number of nitrogens with zero attached hydrogens (tertiary/aromatic N) is 1. The Balaban J connectivity index is 2.29. The second-order valence-electron chi connectivity index (χ2n) is 5.08. The topological polar surface area (TPSA) is 90.7 Å². The van der Waals surface area contributed by atoms with Gasteiger partial charge in [-0.2, -0.15) is 0 Å². The van der Waals surface area contributed by atoms with Crippen molar-refractivity contribution in [3.8, 4) is 11.3 Å². The van der Waals surface area contributed by atoms with Crippen LogP contribution in [0.5, 0.6) is 0 Å². The summed E-state index contributed by atoms with van der Waals surface area (Å²) in [5.41, 5.74) is 0.874. The van der Waals surface area contributed by atoms with E-state index in [1.807, 2.05) is 6.92 Å². The lowest BCUT2D eigenvalue weighted by Crippen LogP contribution is -2.16. The number of aromatic nitrogens is 1. The molecule has 0 aliphatic carbocycles. The van der Waals surface area contributed by atoms with Crippen molar-refractivity contribution in [1.82, 2.24) is 5.16 Å². The van der Waals surface area contributed by atoms with Gasteiger partial charge in [0.25, 0.3) is 0 Å². The summed E-state index contributed by atoms with van der Waals surface area (Å²) < 4.78 is 15.2. The molecule has 0 aliphatic rings. The number of rotatable bonds is 7. The van der Waals surface area contributed by atoms with Crippen molar-refractivity contribution in [1.29, 1.82) is 0 Å². The minimum Gasteiger partial charge on any atom is -0.462 e. The van der Waals surface area contributed by atoms with Crippen LogP contribution in [0.4, 0.5) is 10.7 Å². The molecule has 2 rings (SSSR count). The minimum atomic E-state index is -0.724. The molecule has 8 heteroatoms. The second kappa shape index (κ2) is 9.08. The molecular weight excluding hydrogens is 348 g/mol. The Hall–Kier alpha value is -2.54. The van der Waals surface area contributed by atoms with E-state index in [2.05, 4.69) is 10.5 Å². The lowest BCUT2D eigenvalue weighted by molar-refractivity contribution is 0.0528. The fourth-order valence-corrected chi connectivity index (χ4v) is 2.14. The number of carbonyl (C=O) groups excluding carboxylic acids is 2.